The Morgan fingerprint density at radius 1 is 1.21 bits per heavy atom. The summed E-state index contributed by atoms with van der Waals surface area (Å²) in [6.45, 7) is 3.34. The highest BCUT2D eigenvalue weighted by molar-refractivity contribution is 8.00. The van der Waals surface area contributed by atoms with E-state index in [1.54, 1.807) is 13.0 Å². The fraction of sp³-hybridized carbons (Fsp3) is 0.400. The van der Waals surface area contributed by atoms with Crippen LogP contribution in [0.1, 0.15) is 34.2 Å². The SMILES string of the molecule is Cc1cc(C(=O)COC(=O)CSc2ccccc2)c(C)n1[C@H]1CCS(=O)(=O)C1. The van der Waals surface area contributed by atoms with E-state index in [2.05, 4.69) is 0 Å². The van der Waals surface area contributed by atoms with Crippen molar-refractivity contribution in [2.45, 2.75) is 31.2 Å². The molecule has 0 bridgehead atoms. The van der Waals surface area contributed by atoms with Crippen LogP contribution in [0.2, 0.25) is 0 Å². The van der Waals surface area contributed by atoms with Gasteiger partial charge in [-0.2, -0.15) is 0 Å². The maximum atomic E-state index is 12.5. The molecule has 6 nitrogen and oxygen atoms in total. The molecule has 0 aliphatic carbocycles. The number of rotatable bonds is 7. The maximum absolute atomic E-state index is 12.5. The van der Waals surface area contributed by atoms with Crippen LogP contribution in [-0.2, 0) is 19.4 Å². The van der Waals surface area contributed by atoms with Gasteiger partial charge < -0.3 is 9.30 Å². The van der Waals surface area contributed by atoms with Gasteiger partial charge in [0.25, 0.3) is 0 Å². The summed E-state index contributed by atoms with van der Waals surface area (Å²) in [7, 11) is -3.02. The van der Waals surface area contributed by atoms with Crippen molar-refractivity contribution in [2.75, 3.05) is 23.9 Å². The predicted molar refractivity (Wildman–Crippen MR) is 109 cm³/mol. The zero-order valence-corrected chi connectivity index (χ0v) is 17.5. The third-order valence-electron chi connectivity index (χ3n) is 4.82. The summed E-state index contributed by atoms with van der Waals surface area (Å²) in [5.74, 6) is -0.315. The molecule has 1 fully saturated rings. The molecule has 0 radical (unpaired) electrons. The molecule has 1 aliphatic rings. The largest absolute Gasteiger partial charge is 0.457 e. The molecule has 1 saturated heterocycles. The van der Waals surface area contributed by atoms with Gasteiger partial charge in [-0.25, -0.2) is 8.42 Å². The number of carbonyl (C=O) groups excluding carboxylic acids is 2. The van der Waals surface area contributed by atoms with Gasteiger partial charge in [0, 0.05) is 27.9 Å². The van der Waals surface area contributed by atoms with E-state index >= 15 is 0 Å². The minimum Gasteiger partial charge on any atom is -0.457 e. The minimum atomic E-state index is -3.02. The molecule has 0 amide bonds. The van der Waals surface area contributed by atoms with E-state index in [0.29, 0.717) is 12.0 Å². The highest BCUT2D eigenvalue weighted by Crippen LogP contribution is 2.29. The Balaban J connectivity index is 1.59. The Hall–Kier alpha value is -2.06. The molecular weight excluding hydrogens is 398 g/mol. The van der Waals surface area contributed by atoms with Crippen LogP contribution < -0.4 is 0 Å². The standard InChI is InChI=1S/C20H23NO5S2/c1-14-10-18(15(2)21(14)16-8-9-28(24,25)13-16)19(22)11-26-20(23)12-27-17-6-4-3-5-7-17/h3-7,10,16H,8-9,11-13H2,1-2H3/t16-/m0/s1. The predicted octanol–water partition coefficient (Wildman–Crippen LogP) is 2.98. The normalized spacial score (nSPS) is 18.1. The van der Waals surface area contributed by atoms with Gasteiger partial charge in [-0.15, -0.1) is 11.8 Å². The number of sulfone groups is 1. The first-order valence-corrected chi connectivity index (χ1v) is 11.8. The molecule has 1 atom stereocenters. The van der Waals surface area contributed by atoms with E-state index < -0.39 is 15.8 Å². The Morgan fingerprint density at radius 2 is 1.93 bits per heavy atom. The van der Waals surface area contributed by atoms with E-state index in [4.69, 9.17) is 4.74 Å². The summed E-state index contributed by atoms with van der Waals surface area (Å²) >= 11 is 1.36. The van der Waals surface area contributed by atoms with E-state index in [0.717, 1.165) is 16.3 Å². The average Bonchev–Trinajstić information content (AvgIpc) is 3.16. The van der Waals surface area contributed by atoms with Crippen molar-refractivity contribution in [1.29, 1.82) is 0 Å². The molecular formula is C20H23NO5S2. The van der Waals surface area contributed by atoms with Gasteiger partial charge in [-0.05, 0) is 38.5 Å². The molecule has 1 aliphatic heterocycles. The maximum Gasteiger partial charge on any atom is 0.316 e. The number of nitrogens with zero attached hydrogens (tertiary/aromatic N) is 1. The highest BCUT2D eigenvalue weighted by Gasteiger charge is 2.31. The Labute approximate surface area is 169 Å². The number of esters is 1. The lowest BCUT2D eigenvalue weighted by Gasteiger charge is -2.16. The monoisotopic (exact) mass is 421 g/mol. The molecule has 2 heterocycles. The summed E-state index contributed by atoms with van der Waals surface area (Å²) < 4.78 is 30.6. The number of Topliss-reactive ketones (excluding diaryl/α,β-unsaturated/α-hetero) is 1. The quantitative estimate of drug-likeness (QED) is 0.388. The molecule has 0 saturated carbocycles. The van der Waals surface area contributed by atoms with Gasteiger partial charge in [0.2, 0.25) is 5.78 Å². The van der Waals surface area contributed by atoms with E-state index in [1.165, 1.54) is 11.8 Å². The van der Waals surface area contributed by atoms with Crippen LogP contribution in [-0.4, -0.2) is 48.6 Å². The van der Waals surface area contributed by atoms with Crippen molar-refractivity contribution in [1.82, 2.24) is 4.57 Å². The second kappa shape index (κ2) is 8.53. The summed E-state index contributed by atoms with van der Waals surface area (Å²) in [6.07, 6.45) is 0.554. The molecule has 1 aromatic heterocycles. The number of thioether (sulfide) groups is 1. The molecule has 28 heavy (non-hydrogen) atoms. The summed E-state index contributed by atoms with van der Waals surface area (Å²) in [5.41, 5.74) is 2.04. The number of hydrogen-bond acceptors (Lipinski definition) is 6. The van der Waals surface area contributed by atoms with Crippen LogP contribution in [0.25, 0.3) is 0 Å². The number of benzene rings is 1. The van der Waals surface area contributed by atoms with E-state index in [-0.39, 0.29) is 35.7 Å². The smallest absolute Gasteiger partial charge is 0.316 e. The lowest BCUT2D eigenvalue weighted by atomic mass is 10.1. The topological polar surface area (TPSA) is 82.4 Å². The lowest BCUT2D eigenvalue weighted by Crippen LogP contribution is -2.17. The number of aromatic nitrogens is 1. The van der Waals surface area contributed by atoms with E-state index in [1.807, 2.05) is 41.8 Å². The van der Waals surface area contributed by atoms with Crippen LogP contribution >= 0.6 is 11.8 Å². The number of hydrogen-bond donors (Lipinski definition) is 0. The second-order valence-corrected chi connectivity index (χ2v) is 10.2. The van der Waals surface area contributed by atoms with E-state index in [9.17, 15) is 18.0 Å². The zero-order chi connectivity index (χ0) is 20.3. The molecule has 1 aromatic carbocycles. The molecule has 8 heteroatoms. The molecule has 3 rings (SSSR count). The third kappa shape index (κ3) is 4.86. The number of carbonyl (C=O) groups is 2. The van der Waals surface area contributed by atoms with Gasteiger partial charge in [0.1, 0.15) is 0 Å². The number of aryl methyl sites for hydroxylation is 1. The van der Waals surface area contributed by atoms with Crippen molar-refractivity contribution in [3.05, 3.63) is 53.3 Å². The average molecular weight is 422 g/mol. The molecule has 0 unspecified atom stereocenters. The third-order valence-corrected chi connectivity index (χ3v) is 7.56. The van der Waals surface area contributed by atoms with Gasteiger partial charge >= 0.3 is 5.97 Å². The second-order valence-electron chi connectivity index (χ2n) is 6.90. The number of ether oxygens (including phenoxy) is 1. The fourth-order valence-electron chi connectivity index (χ4n) is 3.52. The number of ketones is 1. The molecule has 150 valence electrons. The van der Waals surface area contributed by atoms with Crippen LogP contribution in [0, 0.1) is 13.8 Å². The fourth-order valence-corrected chi connectivity index (χ4v) is 5.94. The first-order chi connectivity index (χ1) is 13.3. The lowest BCUT2D eigenvalue weighted by molar-refractivity contribution is -0.139. The van der Waals surface area contributed by atoms with Gasteiger partial charge in [-0.3, -0.25) is 9.59 Å². The Kier molecular flexibility index (Phi) is 6.30. The summed E-state index contributed by atoms with van der Waals surface area (Å²) in [6, 6.07) is 11.1. The van der Waals surface area contributed by atoms with Gasteiger partial charge in [-0.1, -0.05) is 18.2 Å². The van der Waals surface area contributed by atoms with Gasteiger partial charge in [0.05, 0.1) is 17.3 Å². The summed E-state index contributed by atoms with van der Waals surface area (Å²) in [4.78, 5) is 25.4. The Bertz CT molecular complexity index is 980. The highest BCUT2D eigenvalue weighted by atomic mass is 32.2. The first kappa shape index (κ1) is 20.7. The first-order valence-electron chi connectivity index (χ1n) is 9.02. The van der Waals surface area contributed by atoms with Crippen LogP contribution in [0.3, 0.4) is 0 Å². The molecule has 2 aromatic rings. The van der Waals surface area contributed by atoms with Crippen molar-refractivity contribution >= 4 is 33.4 Å². The minimum absolute atomic E-state index is 0.0999. The van der Waals surface area contributed by atoms with Crippen LogP contribution in [0.5, 0.6) is 0 Å². The zero-order valence-electron chi connectivity index (χ0n) is 15.9. The van der Waals surface area contributed by atoms with Crippen molar-refractivity contribution in [3.63, 3.8) is 0 Å². The summed E-state index contributed by atoms with van der Waals surface area (Å²) in [5, 5.41) is 0. The molecule has 0 spiro atoms. The molecule has 0 N–H and O–H groups in total. The Morgan fingerprint density at radius 3 is 2.57 bits per heavy atom. The van der Waals surface area contributed by atoms with Crippen LogP contribution in [0.15, 0.2) is 41.3 Å². The van der Waals surface area contributed by atoms with Gasteiger partial charge in [0.15, 0.2) is 16.4 Å². The van der Waals surface area contributed by atoms with Crippen molar-refractivity contribution in [2.24, 2.45) is 0 Å². The van der Waals surface area contributed by atoms with Crippen molar-refractivity contribution < 1.29 is 22.7 Å². The van der Waals surface area contributed by atoms with Crippen LogP contribution in [0.4, 0.5) is 0 Å². The van der Waals surface area contributed by atoms with Crippen molar-refractivity contribution in [3.8, 4) is 0 Å².